The Morgan fingerprint density at radius 3 is 1.28 bits per heavy atom. The van der Waals surface area contributed by atoms with Gasteiger partial charge < -0.3 is 8.83 Å². The van der Waals surface area contributed by atoms with Gasteiger partial charge in [0.05, 0.1) is 17.8 Å². The molecule has 0 saturated carbocycles. The fourth-order valence-corrected chi connectivity index (χ4v) is 7.68. The lowest BCUT2D eigenvalue weighted by molar-refractivity contribution is 0.571. The monoisotopic (exact) mass is 604 g/mol. The van der Waals surface area contributed by atoms with E-state index in [1.165, 1.54) is 57.3 Å². The fraction of sp³-hybridized carbons (Fsp3) is 0.0244. The molecule has 0 atom stereocenters. The molecule has 0 unspecified atom stereocenters. The second kappa shape index (κ2) is 9.80. The molecule has 0 N–H and O–H groups in total. The summed E-state index contributed by atoms with van der Waals surface area (Å²) in [6, 6.07) is 35.6. The van der Waals surface area contributed by atoms with Crippen molar-refractivity contribution in [2.45, 2.75) is 5.41 Å². The number of fused-ring (bicyclic) bond motifs is 10. The van der Waals surface area contributed by atoms with E-state index in [4.69, 9.17) is 8.83 Å². The van der Waals surface area contributed by atoms with Gasteiger partial charge in [0.2, 0.25) is 0 Å². The highest BCUT2D eigenvalue weighted by Gasteiger charge is 2.51. The second-order valence-corrected chi connectivity index (χ2v) is 12.0. The Morgan fingerprint density at radius 1 is 0.362 bits per heavy atom. The van der Waals surface area contributed by atoms with Crippen molar-refractivity contribution in [1.29, 1.82) is 0 Å². The van der Waals surface area contributed by atoms with Crippen molar-refractivity contribution in [1.82, 2.24) is 19.9 Å². The van der Waals surface area contributed by atoms with Crippen molar-refractivity contribution in [2.24, 2.45) is 0 Å². The molecule has 4 heterocycles. The zero-order chi connectivity index (χ0) is 31.0. The van der Waals surface area contributed by atoms with Crippen LogP contribution in [-0.4, -0.2) is 19.9 Å². The van der Waals surface area contributed by atoms with E-state index < -0.39 is 5.41 Å². The van der Waals surface area contributed by atoms with Crippen molar-refractivity contribution in [2.75, 3.05) is 0 Å². The molecule has 6 nitrogen and oxygen atoms in total. The van der Waals surface area contributed by atoms with E-state index in [2.05, 4.69) is 117 Å². The molecule has 0 fully saturated rings. The molecule has 1 spiro atoms. The maximum absolute atomic E-state index is 5.59. The Kier molecular flexibility index (Phi) is 5.40. The molecule has 0 bridgehead atoms. The third-order valence-electron chi connectivity index (χ3n) is 9.67. The van der Waals surface area contributed by atoms with Crippen molar-refractivity contribution in [3.8, 4) is 67.2 Å². The van der Waals surface area contributed by atoms with Gasteiger partial charge in [-0.15, -0.1) is 0 Å². The average molecular weight is 605 g/mol. The third kappa shape index (κ3) is 3.66. The van der Waals surface area contributed by atoms with E-state index in [-0.39, 0.29) is 0 Å². The number of oxazole rings is 2. The van der Waals surface area contributed by atoms with Crippen LogP contribution in [-0.2, 0) is 5.41 Å². The van der Waals surface area contributed by atoms with Crippen molar-refractivity contribution < 1.29 is 8.83 Å². The number of aromatic nitrogens is 4. The summed E-state index contributed by atoms with van der Waals surface area (Å²) in [6.07, 6.45) is 13.8. The van der Waals surface area contributed by atoms with Crippen LogP contribution < -0.4 is 0 Å². The molecule has 6 heteroatoms. The summed E-state index contributed by atoms with van der Waals surface area (Å²) in [7, 11) is 0. The summed E-state index contributed by atoms with van der Waals surface area (Å²) in [6.45, 7) is 0. The fourth-order valence-electron chi connectivity index (χ4n) is 7.68. The lowest BCUT2D eigenvalue weighted by Crippen LogP contribution is -2.26. The maximum Gasteiger partial charge on any atom is 0.181 e. The largest absolute Gasteiger partial charge is 0.443 e. The smallest absolute Gasteiger partial charge is 0.181 e. The highest BCUT2D eigenvalue weighted by molar-refractivity contribution is 5.97. The molecule has 10 rings (SSSR count). The molecule has 4 aromatic heterocycles. The predicted octanol–water partition coefficient (Wildman–Crippen LogP) is 9.46. The van der Waals surface area contributed by atoms with Crippen LogP contribution in [0.1, 0.15) is 22.3 Å². The molecule has 2 aliphatic rings. The molecular formula is C41H24N4O2. The van der Waals surface area contributed by atoms with Crippen LogP contribution in [0.5, 0.6) is 0 Å². The standard InChI is InChI=1S/C41H24N4O2/c1-3-7-35-31(5-1)32-6-2-4-8-36(32)41(35)37-15-25(27-13-29(19-42-17-27)39-21-44-23-46-39)9-11-33(37)34-12-10-26(16-38(34)41)28-14-30(20-43-18-28)40-22-45-24-47-40/h1-24H. The SMILES string of the molecule is c1ccc2c(c1)-c1ccccc1C21c2cc(-c3cncc(-c4cnco4)c3)ccc2-c2ccc(-c3cncc(-c4cnco4)c3)cc21. The minimum atomic E-state index is -0.504. The van der Waals surface area contributed by atoms with E-state index >= 15 is 0 Å². The number of rotatable bonds is 4. The van der Waals surface area contributed by atoms with Gasteiger partial charge in [-0.05, 0) is 79.9 Å². The number of pyridine rings is 2. The van der Waals surface area contributed by atoms with Crippen LogP contribution in [0, 0.1) is 0 Å². The predicted molar refractivity (Wildman–Crippen MR) is 180 cm³/mol. The molecule has 8 aromatic rings. The Hall–Kier alpha value is -6.40. The molecule has 4 aromatic carbocycles. The number of hydrogen-bond donors (Lipinski definition) is 0. The number of benzene rings is 4. The summed E-state index contributed by atoms with van der Waals surface area (Å²) in [5, 5.41) is 0. The van der Waals surface area contributed by atoms with Gasteiger partial charge in [-0.25, -0.2) is 9.97 Å². The number of hydrogen-bond acceptors (Lipinski definition) is 6. The lowest BCUT2D eigenvalue weighted by atomic mass is 9.70. The minimum absolute atomic E-state index is 0.504. The molecule has 220 valence electrons. The summed E-state index contributed by atoms with van der Waals surface area (Å²) >= 11 is 0. The topological polar surface area (TPSA) is 77.8 Å². The third-order valence-corrected chi connectivity index (χ3v) is 9.67. The molecule has 0 amide bonds. The normalized spacial score (nSPS) is 13.3. The molecule has 2 aliphatic carbocycles. The molecule has 0 saturated heterocycles. The highest BCUT2D eigenvalue weighted by atomic mass is 16.3. The number of nitrogens with zero attached hydrogens (tertiary/aromatic N) is 4. The zero-order valence-electron chi connectivity index (χ0n) is 25.0. The van der Waals surface area contributed by atoms with E-state index in [0.29, 0.717) is 11.5 Å². The first kappa shape index (κ1) is 25.9. The van der Waals surface area contributed by atoms with Crippen LogP contribution in [0.3, 0.4) is 0 Å². The van der Waals surface area contributed by atoms with E-state index in [9.17, 15) is 0 Å². The Bertz CT molecular complexity index is 2310. The maximum atomic E-state index is 5.59. The van der Waals surface area contributed by atoms with Gasteiger partial charge in [-0.1, -0.05) is 72.8 Å². The first-order valence-corrected chi connectivity index (χ1v) is 15.5. The van der Waals surface area contributed by atoms with Crippen LogP contribution in [0.15, 0.2) is 156 Å². The van der Waals surface area contributed by atoms with Gasteiger partial charge in [0.15, 0.2) is 24.3 Å². The quantitative estimate of drug-likeness (QED) is 0.199. The van der Waals surface area contributed by atoms with Crippen LogP contribution in [0.4, 0.5) is 0 Å². The van der Waals surface area contributed by atoms with Crippen LogP contribution >= 0.6 is 0 Å². The van der Waals surface area contributed by atoms with Crippen molar-refractivity contribution in [3.63, 3.8) is 0 Å². The Balaban J connectivity index is 1.22. The van der Waals surface area contributed by atoms with Gasteiger partial charge in [-0.2, -0.15) is 0 Å². The Labute approximate surface area is 270 Å². The van der Waals surface area contributed by atoms with Crippen LogP contribution in [0.25, 0.3) is 67.2 Å². The molecule has 47 heavy (non-hydrogen) atoms. The van der Waals surface area contributed by atoms with Gasteiger partial charge in [0.25, 0.3) is 0 Å². The zero-order valence-corrected chi connectivity index (χ0v) is 25.0. The van der Waals surface area contributed by atoms with Crippen molar-refractivity contribution in [3.05, 3.63) is 169 Å². The highest BCUT2D eigenvalue weighted by Crippen LogP contribution is 2.63. The van der Waals surface area contributed by atoms with Gasteiger partial charge in [0.1, 0.15) is 0 Å². The average Bonchev–Trinajstić information content (AvgIpc) is 3.96. The first-order chi connectivity index (χ1) is 23.3. The van der Waals surface area contributed by atoms with Gasteiger partial charge >= 0.3 is 0 Å². The van der Waals surface area contributed by atoms with Gasteiger partial charge in [-0.3, -0.25) is 9.97 Å². The summed E-state index contributed by atoms with van der Waals surface area (Å²) < 4.78 is 11.2. The van der Waals surface area contributed by atoms with Crippen molar-refractivity contribution >= 4 is 0 Å². The van der Waals surface area contributed by atoms with E-state index in [0.717, 1.165) is 33.4 Å². The summed E-state index contributed by atoms with van der Waals surface area (Å²) in [5.41, 5.74) is 15.6. The lowest BCUT2D eigenvalue weighted by Gasteiger charge is -2.31. The molecular weight excluding hydrogens is 580 g/mol. The molecule has 0 aliphatic heterocycles. The summed E-state index contributed by atoms with van der Waals surface area (Å²) in [4.78, 5) is 17.4. The summed E-state index contributed by atoms with van der Waals surface area (Å²) in [5.74, 6) is 1.38. The Morgan fingerprint density at radius 2 is 0.809 bits per heavy atom. The minimum Gasteiger partial charge on any atom is -0.443 e. The van der Waals surface area contributed by atoms with Gasteiger partial charge in [0, 0.05) is 47.0 Å². The van der Waals surface area contributed by atoms with Crippen LogP contribution in [0.2, 0.25) is 0 Å². The van der Waals surface area contributed by atoms with E-state index in [1.54, 1.807) is 12.4 Å². The first-order valence-electron chi connectivity index (χ1n) is 15.5. The second-order valence-electron chi connectivity index (χ2n) is 12.0. The molecule has 0 radical (unpaired) electrons. The van der Waals surface area contributed by atoms with E-state index in [1.807, 2.05) is 24.8 Å².